The van der Waals surface area contributed by atoms with Crippen molar-refractivity contribution in [2.75, 3.05) is 13.1 Å². The molecule has 0 aromatic carbocycles. The molecular weight excluding hydrogens is 290 g/mol. The van der Waals surface area contributed by atoms with Crippen LogP contribution in [0.2, 0.25) is 5.15 Å². The van der Waals surface area contributed by atoms with Gasteiger partial charge in [0, 0.05) is 20.1 Å². The van der Waals surface area contributed by atoms with E-state index in [1.807, 2.05) is 7.05 Å². The van der Waals surface area contributed by atoms with Gasteiger partial charge in [-0.1, -0.05) is 11.6 Å². The molecule has 0 N–H and O–H groups in total. The van der Waals surface area contributed by atoms with Crippen LogP contribution in [0.1, 0.15) is 26.6 Å². The first-order chi connectivity index (χ1) is 9.84. The summed E-state index contributed by atoms with van der Waals surface area (Å²) >= 11 is 6.23. The van der Waals surface area contributed by atoms with Crippen LogP contribution in [0.25, 0.3) is 11.0 Å². The molecule has 3 heterocycles. The molecular formula is C14H20ClN5O. The molecule has 0 aliphatic carbocycles. The minimum atomic E-state index is -0.155. The Bertz CT molecular complexity index is 669. The quantitative estimate of drug-likeness (QED) is 0.794. The van der Waals surface area contributed by atoms with Crippen molar-refractivity contribution in [3.8, 4) is 0 Å². The van der Waals surface area contributed by atoms with E-state index < -0.39 is 0 Å². The number of hydrogen-bond donors (Lipinski definition) is 0. The van der Waals surface area contributed by atoms with Gasteiger partial charge in [-0.15, -0.1) is 0 Å². The topological polar surface area (TPSA) is 56.1 Å². The SMILES string of the molecule is CC1CN(Cc2nc(Cl)c3cnn(C)c3n2)CC(C)(C)O1. The van der Waals surface area contributed by atoms with Crippen molar-refractivity contribution in [1.29, 1.82) is 0 Å². The van der Waals surface area contributed by atoms with Crippen molar-refractivity contribution in [2.45, 2.75) is 39.0 Å². The number of ether oxygens (including phenoxy) is 1. The fraction of sp³-hybridized carbons (Fsp3) is 0.643. The molecule has 0 saturated carbocycles. The molecule has 114 valence electrons. The van der Waals surface area contributed by atoms with Crippen LogP contribution in [-0.2, 0) is 18.3 Å². The van der Waals surface area contributed by atoms with Gasteiger partial charge in [-0.3, -0.25) is 9.58 Å². The van der Waals surface area contributed by atoms with Gasteiger partial charge in [-0.2, -0.15) is 5.10 Å². The molecule has 0 bridgehead atoms. The Kier molecular flexibility index (Phi) is 3.63. The maximum atomic E-state index is 6.23. The van der Waals surface area contributed by atoms with Crippen LogP contribution in [0.3, 0.4) is 0 Å². The molecule has 1 aliphatic rings. The van der Waals surface area contributed by atoms with E-state index in [1.165, 1.54) is 0 Å². The van der Waals surface area contributed by atoms with Gasteiger partial charge in [-0.25, -0.2) is 9.97 Å². The lowest BCUT2D eigenvalue weighted by molar-refractivity contribution is -0.131. The second kappa shape index (κ2) is 5.19. The smallest absolute Gasteiger partial charge is 0.162 e. The van der Waals surface area contributed by atoms with Gasteiger partial charge >= 0.3 is 0 Å². The Hall–Kier alpha value is -1.24. The summed E-state index contributed by atoms with van der Waals surface area (Å²) in [7, 11) is 1.86. The standard InChI is InChI=1S/C14H20ClN5O/c1-9-6-20(8-14(2,3)21-9)7-11-17-12(15)10-5-16-19(4)13(10)18-11/h5,9H,6-8H2,1-4H3. The van der Waals surface area contributed by atoms with Crippen molar-refractivity contribution in [1.82, 2.24) is 24.6 Å². The van der Waals surface area contributed by atoms with E-state index in [0.717, 1.165) is 29.9 Å². The predicted molar refractivity (Wildman–Crippen MR) is 81.2 cm³/mol. The molecule has 21 heavy (non-hydrogen) atoms. The highest BCUT2D eigenvalue weighted by atomic mass is 35.5. The Morgan fingerprint density at radius 3 is 2.90 bits per heavy atom. The lowest BCUT2D eigenvalue weighted by Gasteiger charge is -2.41. The van der Waals surface area contributed by atoms with Crippen molar-refractivity contribution >= 4 is 22.6 Å². The van der Waals surface area contributed by atoms with Crippen LogP contribution in [-0.4, -0.2) is 49.4 Å². The highest BCUT2D eigenvalue weighted by Crippen LogP contribution is 2.23. The number of morpholine rings is 1. The normalized spacial score (nSPS) is 22.8. The van der Waals surface area contributed by atoms with Gasteiger partial charge in [0.05, 0.1) is 29.8 Å². The lowest BCUT2D eigenvalue weighted by Crippen LogP contribution is -2.51. The predicted octanol–water partition coefficient (Wildman–Crippen LogP) is 2.02. The number of fused-ring (bicyclic) bond motifs is 1. The summed E-state index contributed by atoms with van der Waals surface area (Å²) < 4.78 is 7.64. The van der Waals surface area contributed by atoms with Gasteiger partial charge in [0.1, 0.15) is 11.0 Å². The van der Waals surface area contributed by atoms with Crippen LogP contribution >= 0.6 is 11.6 Å². The molecule has 1 atom stereocenters. The van der Waals surface area contributed by atoms with Crippen LogP contribution in [0, 0.1) is 0 Å². The van der Waals surface area contributed by atoms with Gasteiger partial charge in [-0.05, 0) is 20.8 Å². The van der Waals surface area contributed by atoms with E-state index in [9.17, 15) is 0 Å². The molecule has 2 aromatic rings. The van der Waals surface area contributed by atoms with Crippen molar-refractivity contribution < 1.29 is 4.74 Å². The summed E-state index contributed by atoms with van der Waals surface area (Å²) in [6.07, 6.45) is 1.89. The molecule has 1 unspecified atom stereocenters. The molecule has 7 heteroatoms. The highest BCUT2D eigenvalue weighted by molar-refractivity contribution is 6.33. The number of nitrogens with zero attached hydrogens (tertiary/aromatic N) is 5. The Balaban J connectivity index is 1.86. The van der Waals surface area contributed by atoms with Gasteiger partial charge in [0.15, 0.2) is 5.65 Å². The third-order valence-corrected chi connectivity index (χ3v) is 3.88. The Morgan fingerprint density at radius 2 is 2.19 bits per heavy atom. The van der Waals surface area contributed by atoms with Gasteiger partial charge in [0.2, 0.25) is 0 Å². The molecule has 2 aromatic heterocycles. The maximum Gasteiger partial charge on any atom is 0.162 e. The Morgan fingerprint density at radius 1 is 1.43 bits per heavy atom. The molecule has 1 fully saturated rings. The van der Waals surface area contributed by atoms with E-state index in [0.29, 0.717) is 11.7 Å². The van der Waals surface area contributed by atoms with E-state index in [4.69, 9.17) is 16.3 Å². The zero-order valence-electron chi connectivity index (χ0n) is 12.8. The Labute approximate surface area is 129 Å². The summed E-state index contributed by atoms with van der Waals surface area (Å²) in [5, 5.41) is 5.43. The van der Waals surface area contributed by atoms with E-state index in [1.54, 1.807) is 10.9 Å². The zero-order chi connectivity index (χ0) is 15.2. The van der Waals surface area contributed by atoms with Crippen LogP contribution < -0.4 is 0 Å². The fourth-order valence-corrected chi connectivity index (χ4v) is 3.24. The third-order valence-electron chi connectivity index (χ3n) is 3.60. The third kappa shape index (κ3) is 3.02. The van der Waals surface area contributed by atoms with Crippen LogP contribution in [0.5, 0.6) is 0 Å². The minimum absolute atomic E-state index is 0.155. The van der Waals surface area contributed by atoms with E-state index in [-0.39, 0.29) is 11.7 Å². The van der Waals surface area contributed by atoms with Crippen molar-refractivity contribution in [3.05, 3.63) is 17.2 Å². The average molecular weight is 310 g/mol. The van der Waals surface area contributed by atoms with Gasteiger partial charge < -0.3 is 4.74 Å². The monoisotopic (exact) mass is 309 g/mol. The number of aromatic nitrogens is 4. The largest absolute Gasteiger partial charge is 0.370 e. The summed E-state index contributed by atoms with van der Waals surface area (Å²) in [4.78, 5) is 11.3. The molecule has 1 saturated heterocycles. The fourth-order valence-electron chi connectivity index (χ4n) is 3.01. The highest BCUT2D eigenvalue weighted by Gasteiger charge is 2.31. The number of hydrogen-bond acceptors (Lipinski definition) is 5. The number of halogens is 1. The van der Waals surface area contributed by atoms with Gasteiger partial charge in [0.25, 0.3) is 0 Å². The first-order valence-corrected chi connectivity index (χ1v) is 7.46. The first-order valence-electron chi connectivity index (χ1n) is 7.08. The summed E-state index contributed by atoms with van der Waals surface area (Å²) in [5.74, 6) is 0.723. The molecule has 3 rings (SSSR count). The second-order valence-electron chi connectivity index (χ2n) is 6.29. The molecule has 1 aliphatic heterocycles. The summed E-state index contributed by atoms with van der Waals surface area (Å²) in [6.45, 7) is 8.68. The maximum absolute atomic E-state index is 6.23. The summed E-state index contributed by atoms with van der Waals surface area (Å²) in [6, 6.07) is 0. The zero-order valence-corrected chi connectivity index (χ0v) is 13.6. The van der Waals surface area contributed by atoms with Crippen LogP contribution in [0.4, 0.5) is 0 Å². The molecule has 0 radical (unpaired) electrons. The van der Waals surface area contributed by atoms with E-state index >= 15 is 0 Å². The summed E-state index contributed by atoms with van der Waals surface area (Å²) in [5.41, 5.74) is 0.614. The first kappa shape index (κ1) is 14.7. The lowest BCUT2D eigenvalue weighted by atomic mass is 10.1. The van der Waals surface area contributed by atoms with Crippen molar-refractivity contribution in [2.24, 2.45) is 7.05 Å². The van der Waals surface area contributed by atoms with E-state index in [2.05, 4.69) is 40.7 Å². The number of rotatable bonds is 2. The number of aryl methyl sites for hydroxylation is 1. The average Bonchev–Trinajstić information content (AvgIpc) is 2.69. The van der Waals surface area contributed by atoms with Crippen LogP contribution in [0.15, 0.2) is 6.20 Å². The molecule has 0 amide bonds. The van der Waals surface area contributed by atoms with Crippen molar-refractivity contribution in [3.63, 3.8) is 0 Å². The molecule has 6 nitrogen and oxygen atoms in total. The second-order valence-corrected chi connectivity index (χ2v) is 6.65. The molecule has 0 spiro atoms. The minimum Gasteiger partial charge on any atom is -0.370 e.